The molecule has 3 rings (SSSR count). The van der Waals surface area contributed by atoms with E-state index < -0.39 is 27.2 Å². The summed E-state index contributed by atoms with van der Waals surface area (Å²) < 4.78 is 24.3. The van der Waals surface area contributed by atoms with E-state index in [1.165, 1.54) is 0 Å². The number of rotatable bonds is 4. The van der Waals surface area contributed by atoms with Gasteiger partial charge < -0.3 is 9.80 Å². The molecule has 0 radical (unpaired) electrons. The molecule has 2 aliphatic heterocycles. The summed E-state index contributed by atoms with van der Waals surface area (Å²) in [4.78, 5) is 29.7. The lowest BCUT2D eigenvalue weighted by atomic mass is 10.00. The topological polar surface area (TPSA) is 74.8 Å². The summed E-state index contributed by atoms with van der Waals surface area (Å²) in [7, 11) is -3.17. The number of amides is 2. The first-order chi connectivity index (χ1) is 12.6. The molecule has 3 atom stereocenters. The number of hydrogen-bond donors (Lipinski definition) is 0. The van der Waals surface area contributed by atoms with Crippen LogP contribution in [0.25, 0.3) is 0 Å². The second kappa shape index (κ2) is 7.26. The van der Waals surface area contributed by atoms with Gasteiger partial charge in [0.25, 0.3) is 5.91 Å². The van der Waals surface area contributed by atoms with Crippen molar-refractivity contribution in [2.75, 3.05) is 12.3 Å². The van der Waals surface area contributed by atoms with Crippen molar-refractivity contribution < 1.29 is 18.0 Å². The zero-order chi connectivity index (χ0) is 19.9. The maximum Gasteiger partial charge on any atom is 0.255 e. The molecule has 2 heterocycles. The maximum absolute atomic E-state index is 13.4. The van der Waals surface area contributed by atoms with Gasteiger partial charge in [0.05, 0.1) is 11.0 Å². The molecule has 148 valence electrons. The zero-order valence-electron chi connectivity index (χ0n) is 16.4. The third-order valence-electron chi connectivity index (χ3n) is 5.84. The Morgan fingerprint density at radius 3 is 2.52 bits per heavy atom. The third kappa shape index (κ3) is 3.61. The molecule has 2 amide bonds. The molecule has 7 heteroatoms. The van der Waals surface area contributed by atoms with Gasteiger partial charge in [-0.15, -0.1) is 0 Å². The SMILES string of the molecule is CC(C)C[C@H](C(=O)N1CCS(=O)(=O)C(C)C1C)N1Cc2ccccc2C1=O. The Kier molecular flexibility index (Phi) is 5.34. The van der Waals surface area contributed by atoms with Crippen LogP contribution >= 0.6 is 0 Å². The second-order valence-corrected chi connectivity index (χ2v) is 10.6. The lowest BCUT2D eigenvalue weighted by Gasteiger charge is -2.41. The molecule has 0 N–H and O–H groups in total. The normalized spacial score (nSPS) is 25.6. The van der Waals surface area contributed by atoms with Gasteiger partial charge in [0.1, 0.15) is 6.04 Å². The molecule has 6 nitrogen and oxygen atoms in total. The fraction of sp³-hybridized carbons (Fsp3) is 0.600. The van der Waals surface area contributed by atoms with E-state index in [0.29, 0.717) is 18.5 Å². The van der Waals surface area contributed by atoms with Gasteiger partial charge in [-0.1, -0.05) is 32.0 Å². The van der Waals surface area contributed by atoms with Crippen LogP contribution < -0.4 is 0 Å². The van der Waals surface area contributed by atoms with Crippen LogP contribution in [-0.2, 0) is 21.2 Å². The van der Waals surface area contributed by atoms with Crippen LogP contribution in [0.4, 0.5) is 0 Å². The fourth-order valence-corrected chi connectivity index (χ4v) is 5.58. The van der Waals surface area contributed by atoms with Gasteiger partial charge >= 0.3 is 0 Å². The van der Waals surface area contributed by atoms with Gasteiger partial charge in [-0.25, -0.2) is 8.42 Å². The Labute approximate surface area is 161 Å². The summed E-state index contributed by atoms with van der Waals surface area (Å²) in [5.74, 6) is -0.0435. The van der Waals surface area contributed by atoms with Crippen LogP contribution in [0.1, 0.15) is 50.0 Å². The largest absolute Gasteiger partial charge is 0.336 e. The first-order valence-corrected chi connectivity index (χ1v) is 11.3. The molecule has 0 aliphatic carbocycles. The van der Waals surface area contributed by atoms with E-state index in [2.05, 4.69) is 0 Å². The van der Waals surface area contributed by atoms with E-state index in [4.69, 9.17) is 0 Å². The first-order valence-electron chi connectivity index (χ1n) is 9.54. The van der Waals surface area contributed by atoms with Crippen molar-refractivity contribution in [3.05, 3.63) is 35.4 Å². The van der Waals surface area contributed by atoms with Gasteiger partial charge in [0.2, 0.25) is 5.91 Å². The molecule has 27 heavy (non-hydrogen) atoms. The molecule has 0 bridgehead atoms. The van der Waals surface area contributed by atoms with Gasteiger partial charge in [0, 0.05) is 24.7 Å². The summed E-state index contributed by atoms with van der Waals surface area (Å²) in [6.45, 7) is 8.12. The predicted molar refractivity (Wildman–Crippen MR) is 104 cm³/mol. The Bertz CT molecular complexity index is 849. The first kappa shape index (κ1) is 19.9. The Morgan fingerprint density at radius 1 is 1.22 bits per heavy atom. The van der Waals surface area contributed by atoms with Crippen LogP contribution in [0, 0.1) is 5.92 Å². The highest BCUT2D eigenvalue weighted by molar-refractivity contribution is 7.92. The molecule has 0 spiro atoms. The quantitative estimate of drug-likeness (QED) is 0.786. The molecule has 2 aliphatic rings. The molecule has 1 aromatic rings. The van der Waals surface area contributed by atoms with Crippen LogP contribution in [-0.4, -0.2) is 59.7 Å². The summed E-state index contributed by atoms with van der Waals surface area (Å²) >= 11 is 0. The number of fused-ring (bicyclic) bond motifs is 1. The van der Waals surface area contributed by atoms with Crippen molar-refractivity contribution in [1.29, 1.82) is 0 Å². The molecular weight excluding hydrogens is 364 g/mol. The van der Waals surface area contributed by atoms with Gasteiger partial charge in [-0.2, -0.15) is 0 Å². The highest BCUT2D eigenvalue weighted by Crippen LogP contribution is 2.29. The summed E-state index contributed by atoms with van der Waals surface area (Å²) in [6, 6.07) is 6.48. The van der Waals surface area contributed by atoms with E-state index in [1.54, 1.807) is 29.7 Å². The smallest absolute Gasteiger partial charge is 0.255 e. The monoisotopic (exact) mass is 392 g/mol. The van der Waals surface area contributed by atoms with E-state index >= 15 is 0 Å². The van der Waals surface area contributed by atoms with Crippen LogP contribution in [0.5, 0.6) is 0 Å². The molecule has 0 saturated carbocycles. The second-order valence-electron chi connectivity index (χ2n) is 8.08. The number of sulfone groups is 1. The number of hydrogen-bond acceptors (Lipinski definition) is 4. The lowest BCUT2D eigenvalue weighted by molar-refractivity contribution is -0.138. The fourth-order valence-electron chi connectivity index (χ4n) is 4.01. The Hall–Kier alpha value is -1.89. The number of benzene rings is 1. The average molecular weight is 393 g/mol. The zero-order valence-corrected chi connectivity index (χ0v) is 17.2. The van der Waals surface area contributed by atoms with Gasteiger partial charge in [0.15, 0.2) is 9.84 Å². The standard InChI is InChI=1S/C20H28N2O4S/c1-13(2)11-18(22-12-16-7-5-6-8-17(16)19(22)23)20(24)21-9-10-27(25,26)15(4)14(21)3/h5-8,13-15,18H,9-12H2,1-4H3/t14?,15?,18-/m1/s1. The van der Waals surface area contributed by atoms with E-state index in [9.17, 15) is 18.0 Å². The van der Waals surface area contributed by atoms with E-state index in [-0.39, 0.29) is 30.0 Å². The van der Waals surface area contributed by atoms with Crippen LogP contribution in [0.3, 0.4) is 0 Å². The average Bonchev–Trinajstić information content (AvgIpc) is 2.94. The summed E-state index contributed by atoms with van der Waals surface area (Å²) in [5.41, 5.74) is 1.59. The molecule has 1 aromatic carbocycles. The Balaban J connectivity index is 1.88. The summed E-state index contributed by atoms with van der Waals surface area (Å²) in [5, 5.41) is -0.596. The molecular formula is C20H28N2O4S. The molecule has 0 aromatic heterocycles. The minimum absolute atomic E-state index is 0.0210. The van der Waals surface area contributed by atoms with Crippen molar-refractivity contribution in [1.82, 2.24) is 9.80 Å². The highest BCUT2D eigenvalue weighted by Gasteiger charge is 2.43. The maximum atomic E-state index is 13.4. The van der Waals surface area contributed by atoms with Crippen molar-refractivity contribution >= 4 is 21.7 Å². The summed E-state index contributed by atoms with van der Waals surface area (Å²) in [6.07, 6.45) is 0.558. The molecule has 1 saturated heterocycles. The predicted octanol–water partition coefficient (Wildman–Crippen LogP) is 2.09. The minimum Gasteiger partial charge on any atom is -0.336 e. The lowest BCUT2D eigenvalue weighted by Crippen LogP contribution is -2.59. The Morgan fingerprint density at radius 2 is 1.89 bits per heavy atom. The molecule has 2 unspecified atom stereocenters. The highest BCUT2D eigenvalue weighted by atomic mass is 32.2. The van der Waals surface area contributed by atoms with Crippen LogP contribution in [0.15, 0.2) is 24.3 Å². The third-order valence-corrected chi connectivity index (χ3v) is 8.12. The van der Waals surface area contributed by atoms with Crippen molar-refractivity contribution in [3.8, 4) is 0 Å². The van der Waals surface area contributed by atoms with Crippen molar-refractivity contribution in [2.24, 2.45) is 5.92 Å². The van der Waals surface area contributed by atoms with Crippen molar-refractivity contribution in [2.45, 2.75) is 58.0 Å². The van der Waals surface area contributed by atoms with Crippen LogP contribution in [0.2, 0.25) is 0 Å². The van der Waals surface area contributed by atoms with Crippen molar-refractivity contribution in [3.63, 3.8) is 0 Å². The van der Waals surface area contributed by atoms with E-state index in [1.807, 2.05) is 32.0 Å². The number of carbonyl (C=O) groups excluding carboxylic acids is 2. The van der Waals surface area contributed by atoms with Gasteiger partial charge in [-0.3, -0.25) is 9.59 Å². The minimum atomic E-state index is -3.17. The molecule has 1 fully saturated rings. The van der Waals surface area contributed by atoms with E-state index in [0.717, 1.165) is 5.56 Å². The van der Waals surface area contributed by atoms with Gasteiger partial charge in [-0.05, 0) is 37.8 Å². The number of nitrogens with zero attached hydrogens (tertiary/aromatic N) is 2. The number of carbonyl (C=O) groups is 2.